The molecule has 1 saturated carbocycles. The van der Waals surface area contributed by atoms with Crippen molar-refractivity contribution in [1.82, 2.24) is 9.29 Å². The molecule has 1 aromatic rings. The van der Waals surface area contributed by atoms with E-state index in [2.05, 4.69) is 18.8 Å². The van der Waals surface area contributed by atoms with Crippen LogP contribution in [0.5, 0.6) is 0 Å². The number of aromatic nitrogens is 1. The van der Waals surface area contributed by atoms with Gasteiger partial charge in [0.2, 0.25) is 0 Å². The van der Waals surface area contributed by atoms with E-state index in [1.807, 2.05) is 0 Å². The van der Waals surface area contributed by atoms with Gasteiger partial charge in [0.1, 0.15) is 0 Å². The lowest BCUT2D eigenvalue weighted by Gasteiger charge is -2.22. The minimum absolute atomic E-state index is 0.170. The summed E-state index contributed by atoms with van der Waals surface area (Å²) < 4.78 is 27.6. The summed E-state index contributed by atoms with van der Waals surface area (Å²) >= 11 is 6.88. The van der Waals surface area contributed by atoms with Crippen LogP contribution in [-0.4, -0.2) is 30.3 Å². The van der Waals surface area contributed by atoms with Gasteiger partial charge in [-0.2, -0.15) is 4.31 Å². The molecule has 1 aromatic heterocycles. The average molecular weight is 323 g/mol. The van der Waals surface area contributed by atoms with E-state index in [4.69, 9.17) is 11.6 Å². The average Bonchev–Trinajstić information content (AvgIpc) is 3.03. The zero-order valence-electron chi connectivity index (χ0n) is 11.4. The Labute approximate surface area is 123 Å². The van der Waals surface area contributed by atoms with Crippen LogP contribution in [0.1, 0.15) is 38.8 Å². The molecule has 0 aromatic carbocycles. The van der Waals surface area contributed by atoms with Crippen LogP contribution in [0.15, 0.2) is 4.21 Å². The lowest BCUT2D eigenvalue weighted by Crippen LogP contribution is -2.34. The summed E-state index contributed by atoms with van der Waals surface area (Å²) in [6.07, 6.45) is 2.80. The van der Waals surface area contributed by atoms with Gasteiger partial charge in [-0.25, -0.2) is 13.4 Å². The smallest absolute Gasteiger partial charge is 0.229 e. The summed E-state index contributed by atoms with van der Waals surface area (Å²) in [6.45, 7) is 6.49. The molecule has 4 nitrogen and oxygen atoms in total. The molecule has 0 amide bonds. The van der Waals surface area contributed by atoms with Crippen LogP contribution in [0.3, 0.4) is 0 Å². The van der Waals surface area contributed by atoms with E-state index in [9.17, 15) is 8.42 Å². The lowest BCUT2D eigenvalue weighted by atomic mass is 10.1. The number of hydrogen-bond acceptors (Lipinski definition) is 4. The molecule has 0 aliphatic heterocycles. The molecule has 108 valence electrons. The Morgan fingerprint density at radius 1 is 1.47 bits per heavy atom. The Kier molecular flexibility index (Phi) is 4.55. The summed E-state index contributed by atoms with van der Waals surface area (Å²) in [4.78, 5) is 4.01. The second-order valence-corrected chi connectivity index (χ2v) is 9.04. The van der Waals surface area contributed by atoms with Gasteiger partial charge in [-0.15, -0.1) is 0 Å². The van der Waals surface area contributed by atoms with Crippen molar-refractivity contribution in [3.05, 3.63) is 10.2 Å². The molecule has 1 fully saturated rings. The normalized spacial score (nSPS) is 16.5. The summed E-state index contributed by atoms with van der Waals surface area (Å²) in [7, 11) is -3.44. The van der Waals surface area contributed by atoms with Crippen molar-refractivity contribution in [2.75, 3.05) is 6.54 Å². The Balaban J connectivity index is 2.26. The molecular formula is C12H19ClN2O2S2. The van der Waals surface area contributed by atoms with E-state index in [0.717, 1.165) is 30.6 Å². The van der Waals surface area contributed by atoms with Crippen molar-refractivity contribution in [2.24, 2.45) is 5.92 Å². The van der Waals surface area contributed by atoms with Gasteiger partial charge in [0.05, 0.1) is 5.69 Å². The van der Waals surface area contributed by atoms with Crippen LogP contribution >= 0.6 is 22.9 Å². The fourth-order valence-corrected chi connectivity index (χ4v) is 5.49. The molecule has 0 atom stereocenters. The van der Waals surface area contributed by atoms with E-state index < -0.39 is 10.0 Å². The lowest BCUT2D eigenvalue weighted by molar-refractivity contribution is 0.374. The molecule has 2 rings (SSSR count). The molecule has 1 aliphatic carbocycles. The highest BCUT2D eigenvalue weighted by atomic mass is 35.5. The highest BCUT2D eigenvalue weighted by Crippen LogP contribution is 2.36. The van der Waals surface area contributed by atoms with Gasteiger partial charge >= 0.3 is 0 Å². The van der Waals surface area contributed by atoms with Gasteiger partial charge in [0.25, 0.3) is 10.0 Å². The molecule has 0 saturated heterocycles. The van der Waals surface area contributed by atoms with Crippen molar-refractivity contribution in [1.29, 1.82) is 0 Å². The monoisotopic (exact) mass is 322 g/mol. The zero-order valence-corrected chi connectivity index (χ0v) is 13.8. The molecule has 0 radical (unpaired) electrons. The molecule has 19 heavy (non-hydrogen) atoms. The molecule has 0 spiro atoms. The van der Waals surface area contributed by atoms with Crippen LogP contribution in [0, 0.1) is 12.8 Å². The van der Waals surface area contributed by atoms with E-state index >= 15 is 0 Å². The van der Waals surface area contributed by atoms with E-state index in [-0.39, 0.29) is 10.5 Å². The number of rotatable bonds is 6. The topological polar surface area (TPSA) is 50.3 Å². The first-order chi connectivity index (χ1) is 8.82. The van der Waals surface area contributed by atoms with E-state index in [1.165, 1.54) is 0 Å². The van der Waals surface area contributed by atoms with Gasteiger partial charge in [0.15, 0.2) is 8.68 Å². The van der Waals surface area contributed by atoms with E-state index in [1.54, 1.807) is 11.2 Å². The molecule has 0 bridgehead atoms. The maximum atomic E-state index is 12.7. The SMILES string of the molecule is Cc1nc(Cl)sc1S(=O)(=O)N(CCC(C)C)C1CC1. The minimum Gasteiger partial charge on any atom is -0.229 e. The van der Waals surface area contributed by atoms with Gasteiger partial charge in [0, 0.05) is 12.6 Å². The second-order valence-electron chi connectivity index (χ2n) is 5.37. The van der Waals surface area contributed by atoms with E-state index in [0.29, 0.717) is 22.4 Å². The summed E-state index contributed by atoms with van der Waals surface area (Å²) in [6, 6.07) is 0.170. The largest absolute Gasteiger partial charge is 0.254 e. The Morgan fingerprint density at radius 2 is 2.11 bits per heavy atom. The molecule has 1 heterocycles. The fraction of sp³-hybridized carbons (Fsp3) is 0.750. The second kappa shape index (κ2) is 5.68. The van der Waals surface area contributed by atoms with Gasteiger partial charge < -0.3 is 0 Å². The first kappa shape index (κ1) is 15.2. The van der Waals surface area contributed by atoms with Crippen LogP contribution < -0.4 is 0 Å². The Bertz CT molecular complexity index is 550. The first-order valence-electron chi connectivity index (χ1n) is 6.47. The number of nitrogens with zero attached hydrogens (tertiary/aromatic N) is 2. The number of thiazole rings is 1. The molecule has 1 aliphatic rings. The molecular weight excluding hydrogens is 304 g/mol. The van der Waals surface area contributed by atoms with Crippen molar-refractivity contribution in [3.8, 4) is 0 Å². The van der Waals surface area contributed by atoms with Crippen molar-refractivity contribution < 1.29 is 8.42 Å². The van der Waals surface area contributed by atoms with Gasteiger partial charge in [-0.1, -0.05) is 36.8 Å². The highest BCUT2D eigenvalue weighted by molar-refractivity contribution is 7.91. The third-order valence-electron chi connectivity index (χ3n) is 3.15. The van der Waals surface area contributed by atoms with Crippen LogP contribution in [0.2, 0.25) is 4.47 Å². The molecule has 7 heteroatoms. The Morgan fingerprint density at radius 3 is 2.53 bits per heavy atom. The fourth-order valence-electron chi connectivity index (χ4n) is 1.94. The summed E-state index contributed by atoms with van der Waals surface area (Å²) in [5, 5.41) is 0. The number of sulfonamides is 1. The van der Waals surface area contributed by atoms with Crippen LogP contribution in [-0.2, 0) is 10.0 Å². The number of halogens is 1. The van der Waals surface area contributed by atoms with Gasteiger partial charge in [-0.3, -0.25) is 0 Å². The predicted octanol–water partition coefficient (Wildman–Crippen LogP) is 3.30. The highest BCUT2D eigenvalue weighted by Gasteiger charge is 2.39. The summed E-state index contributed by atoms with van der Waals surface area (Å²) in [5.41, 5.74) is 0.505. The maximum absolute atomic E-state index is 12.7. The van der Waals surface area contributed by atoms with Crippen molar-refractivity contribution in [3.63, 3.8) is 0 Å². The number of hydrogen-bond donors (Lipinski definition) is 0. The minimum atomic E-state index is -3.44. The molecule has 0 N–H and O–H groups in total. The zero-order chi connectivity index (χ0) is 14.2. The third kappa shape index (κ3) is 3.48. The third-order valence-corrected chi connectivity index (χ3v) is 6.95. The quantitative estimate of drug-likeness (QED) is 0.807. The van der Waals surface area contributed by atoms with Crippen LogP contribution in [0.4, 0.5) is 0 Å². The van der Waals surface area contributed by atoms with Crippen LogP contribution in [0.25, 0.3) is 0 Å². The Hall–Kier alpha value is -0.170. The number of aryl methyl sites for hydroxylation is 1. The predicted molar refractivity (Wildman–Crippen MR) is 78.2 cm³/mol. The van der Waals surface area contributed by atoms with Crippen molar-refractivity contribution in [2.45, 2.75) is 50.3 Å². The van der Waals surface area contributed by atoms with Crippen molar-refractivity contribution >= 4 is 33.0 Å². The molecule has 0 unspecified atom stereocenters. The standard InChI is InChI=1S/C12H19ClN2O2S2/c1-8(2)6-7-15(10-4-5-10)19(16,17)11-9(3)14-12(13)18-11/h8,10H,4-7H2,1-3H3. The van der Waals surface area contributed by atoms with Gasteiger partial charge in [-0.05, 0) is 32.1 Å². The summed E-state index contributed by atoms with van der Waals surface area (Å²) in [5.74, 6) is 0.489. The first-order valence-corrected chi connectivity index (χ1v) is 9.10. The maximum Gasteiger partial charge on any atom is 0.254 e.